The number of nitrogens with zero attached hydrogens (tertiary/aromatic N) is 3. The Hall–Kier alpha value is -1.85. The fourth-order valence-electron chi connectivity index (χ4n) is 1.35. The third-order valence-electron chi connectivity index (χ3n) is 2.08. The van der Waals surface area contributed by atoms with Crippen LogP contribution in [0, 0.1) is 0 Å². The van der Waals surface area contributed by atoms with Crippen LogP contribution in [0.15, 0.2) is 36.5 Å². The minimum Gasteiger partial charge on any atom is -0.236 e. The van der Waals surface area contributed by atoms with Crippen molar-refractivity contribution in [3.05, 3.63) is 47.8 Å². The summed E-state index contributed by atoms with van der Waals surface area (Å²) in [4.78, 5) is 0. The number of halogens is 3. The molecule has 0 unspecified atom stereocenters. The smallest absolute Gasteiger partial charge is 0.236 e. The van der Waals surface area contributed by atoms with Crippen molar-refractivity contribution in [3.8, 4) is 0 Å². The summed E-state index contributed by atoms with van der Waals surface area (Å²) in [6.45, 7) is 0.0652. The Kier molecular flexibility index (Phi) is 2.64. The Morgan fingerprint density at radius 2 is 1.81 bits per heavy atom. The quantitative estimate of drug-likeness (QED) is 0.788. The van der Waals surface area contributed by atoms with Gasteiger partial charge in [-0.3, -0.25) is 0 Å². The van der Waals surface area contributed by atoms with E-state index in [4.69, 9.17) is 0 Å². The summed E-state index contributed by atoms with van der Waals surface area (Å²) in [5.74, 6) is 0. The summed E-state index contributed by atoms with van der Waals surface area (Å²) >= 11 is 0. The molecular weight excluding hydrogens is 219 g/mol. The van der Waals surface area contributed by atoms with Crippen LogP contribution in [0.25, 0.3) is 0 Å². The first-order valence-electron chi connectivity index (χ1n) is 4.57. The second kappa shape index (κ2) is 3.96. The molecule has 0 spiro atoms. The normalized spacial score (nSPS) is 11.7. The van der Waals surface area contributed by atoms with E-state index in [1.165, 1.54) is 0 Å². The average Bonchev–Trinajstić information content (AvgIpc) is 2.67. The van der Waals surface area contributed by atoms with Gasteiger partial charge in [-0.15, -0.1) is 5.10 Å². The molecule has 0 aliphatic rings. The fraction of sp³-hybridized carbons (Fsp3) is 0.200. The van der Waals surface area contributed by atoms with Gasteiger partial charge in [-0.1, -0.05) is 35.5 Å². The van der Waals surface area contributed by atoms with Gasteiger partial charge in [0, 0.05) is 0 Å². The van der Waals surface area contributed by atoms with Gasteiger partial charge in [-0.25, -0.2) is 4.68 Å². The molecule has 1 heterocycles. The van der Waals surface area contributed by atoms with Gasteiger partial charge < -0.3 is 0 Å². The Balaban J connectivity index is 2.26. The predicted octanol–water partition coefficient (Wildman–Crippen LogP) is 2.35. The van der Waals surface area contributed by atoms with Crippen LogP contribution in [0.3, 0.4) is 0 Å². The number of aromatic nitrogens is 3. The molecule has 0 fully saturated rings. The monoisotopic (exact) mass is 227 g/mol. The lowest BCUT2D eigenvalue weighted by Gasteiger charge is -2.08. The molecule has 84 valence electrons. The third kappa shape index (κ3) is 2.21. The van der Waals surface area contributed by atoms with E-state index in [0.29, 0.717) is 0 Å². The zero-order valence-corrected chi connectivity index (χ0v) is 8.15. The standard InChI is InChI=1S/C10H8F3N3/c11-10(12,13)9-6-14-15-16(9)7-8-4-2-1-3-5-8/h1-6H,7H2. The average molecular weight is 227 g/mol. The second-order valence-electron chi connectivity index (χ2n) is 3.26. The van der Waals surface area contributed by atoms with Crippen molar-refractivity contribution < 1.29 is 13.2 Å². The molecule has 0 saturated carbocycles. The van der Waals surface area contributed by atoms with Gasteiger partial charge in [0.15, 0.2) is 5.69 Å². The third-order valence-corrected chi connectivity index (χ3v) is 2.08. The van der Waals surface area contributed by atoms with Crippen molar-refractivity contribution in [3.63, 3.8) is 0 Å². The SMILES string of the molecule is FC(F)(F)c1cnnn1Cc1ccccc1. The zero-order chi connectivity index (χ0) is 11.6. The maximum Gasteiger partial charge on any atom is 0.434 e. The first kappa shape index (κ1) is 10.7. The molecule has 16 heavy (non-hydrogen) atoms. The number of benzene rings is 1. The highest BCUT2D eigenvalue weighted by Gasteiger charge is 2.35. The summed E-state index contributed by atoms with van der Waals surface area (Å²) in [6, 6.07) is 8.80. The lowest BCUT2D eigenvalue weighted by molar-refractivity contribution is -0.144. The summed E-state index contributed by atoms with van der Waals surface area (Å²) in [6.07, 6.45) is -3.69. The van der Waals surface area contributed by atoms with E-state index in [0.717, 1.165) is 16.4 Å². The van der Waals surface area contributed by atoms with E-state index < -0.39 is 11.9 Å². The van der Waals surface area contributed by atoms with Gasteiger partial charge in [0.25, 0.3) is 0 Å². The molecule has 0 atom stereocenters. The van der Waals surface area contributed by atoms with E-state index >= 15 is 0 Å². The van der Waals surface area contributed by atoms with Crippen LogP contribution in [0.5, 0.6) is 0 Å². The fourth-order valence-corrected chi connectivity index (χ4v) is 1.35. The molecule has 2 aromatic rings. The second-order valence-corrected chi connectivity index (χ2v) is 3.26. The largest absolute Gasteiger partial charge is 0.434 e. The highest BCUT2D eigenvalue weighted by Crippen LogP contribution is 2.28. The summed E-state index contributed by atoms with van der Waals surface area (Å²) in [5, 5.41) is 6.70. The van der Waals surface area contributed by atoms with Crippen LogP contribution in [0.2, 0.25) is 0 Å². The van der Waals surface area contributed by atoms with Gasteiger partial charge in [-0.05, 0) is 5.56 Å². The van der Waals surface area contributed by atoms with Crippen LogP contribution in [-0.2, 0) is 12.7 Å². The van der Waals surface area contributed by atoms with Crippen LogP contribution < -0.4 is 0 Å². The first-order chi connectivity index (χ1) is 7.57. The minimum atomic E-state index is -4.42. The van der Waals surface area contributed by atoms with Crippen molar-refractivity contribution in [2.24, 2.45) is 0 Å². The van der Waals surface area contributed by atoms with Crippen LogP contribution in [0.1, 0.15) is 11.3 Å². The molecule has 3 nitrogen and oxygen atoms in total. The van der Waals surface area contributed by atoms with Crippen molar-refractivity contribution in [1.29, 1.82) is 0 Å². The Morgan fingerprint density at radius 3 is 2.44 bits per heavy atom. The molecule has 6 heteroatoms. The minimum absolute atomic E-state index is 0.0652. The van der Waals surface area contributed by atoms with Gasteiger partial charge in [0.1, 0.15) is 0 Å². The molecule has 0 radical (unpaired) electrons. The van der Waals surface area contributed by atoms with E-state index in [1.54, 1.807) is 30.3 Å². The van der Waals surface area contributed by atoms with E-state index in [2.05, 4.69) is 10.3 Å². The molecule has 0 saturated heterocycles. The highest BCUT2D eigenvalue weighted by molar-refractivity contribution is 5.15. The number of hydrogen-bond acceptors (Lipinski definition) is 2. The van der Waals surface area contributed by atoms with Crippen LogP contribution in [0.4, 0.5) is 13.2 Å². The molecular formula is C10H8F3N3. The van der Waals surface area contributed by atoms with Gasteiger partial charge in [-0.2, -0.15) is 13.2 Å². The van der Waals surface area contributed by atoms with Gasteiger partial charge >= 0.3 is 6.18 Å². The molecule has 1 aromatic carbocycles. The molecule has 1 aromatic heterocycles. The highest BCUT2D eigenvalue weighted by atomic mass is 19.4. The lowest BCUT2D eigenvalue weighted by atomic mass is 10.2. The number of rotatable bonds is 2. The molecule has 0 bridgehead atoms. The summed E-state index contributed by atoms with van der Waals surface area (Å²) in [5.41, 5.74) is -0.0881. The van der Waals surface area contributed by atoms with Crippen molar-refractivity contribution in [1.82, 2.24) is 15.0 Å². The molecule has 0 aliphatic carbocycles. The van der Waals surface area contributed by atoms with E-state index in [9.17, 15) is 13.2 Å². The molecule has 0 N–H and O–H groups in total. The van der Waals surface area contributed by atoms with E-state index in [-0.39, 0.29) is 6.54 Å². The molecule has 2 rings (SSSR count). The predicted molar refractivity (Wildman–Crippen MR) is 50.6 cm³/mol. The van der Waals surface area contributed by atoms with Crippen molar-refractivity contribution in [2.75, 3.05) is 0 Å². The zero-order valence-electron chi connectivity index (χ0n) is 8.15. The van der Waals surface area contributed by atoms with Crippen molar-refractivity contribution >= 4 is 0 Å². The van der Waals surface area contributed by atoms with Crippen LogP contribution in [-0.4, -0.2) is 15.0 Å². The maximum absolute atomic E-state index is 12.5. The topological polar surface area (TPSA) is 30.7 Å². The molecule has 0 aliphatic heterocycles. The first-order valence-corrected chi connectivity index (χ1v) is 4.57. The lowest BCUT2D eigenvalue weighted by Crippen LogP contribution is -2.15. The Morgan fingerprint density at radius 1 is 1.12 bits per heavy atom. The number of alkyl halides is 3. The van der Waals surface area contributed by atoms with Gasteiger partial charge in [0.05, 0.1) is 12.7 Å². The Bertz CT molecular complexity index is 462. The van der Waals surface area contributed by atoms with E-state index in [1.807, 2.05) is 0 Å². The maximum atomic E-state index is 12.5. The van der Waals surface area contributed by atoms with Gasteiger partial charge in [0.2, 0.25) is 0 Å². The Labute approximate surface area is 89.5 Å². The molecule has 0 amide bonds. The summed E-state index contributed by atoms with van der Waals surface area (Å²) < 4.78 is 38.3. The number of hydrogen-bond donors (Lipinski definition) is 0. The van der Waals surface area contributed by atoms with Crippen LogP contribution >= 0.6 is 0 Å². The summed E-state index contributed by atoms with van der Waals surface area (Å²) in [7, 11) is 0. The van der Waals surface area contributed by atoms with Crippen molar-refractivity contribution in [2.45, 2.75) is 12.7 Å².